The van der Waals surface area contributed by atoms with E-state index >= 15 is 0 Å². The second kappa shape index (κ2) is 7.50. The third-order valence-electron chi connectivity index (χ3n) is 3.82. The van der Waals surface area contributed by atoms with Crippen molar-refractivity contribution >= 4 is 19.7 Å². The first-order valence-corrected chi connectivity index (χ1v) is 9.73. The lowest BCUT2D eigenvalue weighted by molar-refractivity contribution is 0.238. The quantitative estimate of drug-likeness (QED) is 0.669. The zero-order chi connectivity index (χ0) is 16.2. The third kappa shape index (κ3) is 4.89. The highest BCUT2D eigenvalue weighted by molar-refractivity contribution is 8.13. The Bertz CT molecular complexity index is 575. The van der Waals surface area contributed by atoms with Crippen LogP contribution in [-0.2, 0) is 9.05 Å². The highest BCUT2D eigenvalue weighted by Crippen LogP contribution is 2.33. The van der Waals surface area contributed by atoms with Gasteiger partial charge in [-0.15, -0.1) is 0 Å². The summed E-state index contributed by atoms with van der Waals surface area (Å²) in [4.78, 5) is 0.169. The summed E-state index contributed by atoms with van der Waals surface area (Å²) in [6.07, 6.45) is 2.14. The lowest BCUT2D eigenvalue weighted by Gasteiger charge is -2.19. The minimum atomic E-state index is -3.73. The van der Waals surface area contributed by atoms with Crippen LogP contribution in [0.4, 0.5) is 0 Å². The topological polar surface area (TPSA) is 43.4 Å². The van der Waals surface area contributed by atoms with Gasteiger partial charge in [-0.2, -0.15) is 0 Å². The lowest BCUT2D eigenvalue weighted by Crippen LogP contribution is -2.12. The number of benzene rings is 1. The Labute approximate surface area is 133 Å². The largest absolute Gasteiger partial charge is 0.493 e. The molecule has 0 saturated carbocycles. The van der Waals surface area contributed by atoms with E-state index in [0.29, 0.717) is 18.1 Å². The first kappa shape index (κ1) is 18.3. The van der Waals surface area contributed by atoms with Crippen LogP contribution in [0.2, 0.25) is 0 Å². The Morgan fingerprint density at radius 2 is 1.76 bits per heavy atom. The fourth-order valence-corrected chi connectivity index (χ4v) is 3.46. The van der Waals surface area contributed by atoms with E-state index in [-0.39, 0.29) is 10.8 Å². The van der Waals surface area contributed by atoms with E-state index in [4.69, 9.17) is 15.4 Å². The molecule has 0 amide bonds. The van der Waals surface area contributed by atoms with Gasteiger partial charge in [-0.25, -0.2) is 8.42 Å². The molecule has 0 radical (unpaired) electrons. The van der Waals surface area contributed by atoms with Crippen LogP contribution < -0.4 is 4.74 Å². The van der Waals surface area contributed by atoms with E-state index in [1.54, 1.807) is 19.1 Å². The highest BCUT2D eigenvalue weighted by Gasteiger charge is 2.19. The normalized spacial score (nSPS) is 12.2. The Balaban J connectivity index is 3.18. The SMILES string of the molecule is CCC(CC)COc1cc(C)c(S(=O)(=O)Cl)cc1C(C)C. The Kier molecular flexibility index (Phi) is 6.54. The van der Waals surface area contributed by atoms with Crippen molar-refractivity contribution in [1.29, 1.82) is 0 Å². The van der Waals surface area contributed by atoms with Crippen molar-refractivity contribution in [3.05, 3.63) is 23.3 Å². The van der Waals surface area contributed by atoms with Gasteiger partial charge in [0.15, 0.2) is 0 Å². The van der Waals surface area contributed by atoms with Gasteiger partial charge in [0.1, 0.15) is 5.75 Å². The van der Waals surface area contributed by atoms with Crippen LogP contribution in [0, 0.1) is 12.8 Å². The molecular weight excluding hydrogens is 308 g/mol. The summed E-state index contributed by atoms with van der Waals surface area (Å²) in [5.41, 5.74) is 1.50. The van der Waals surface area contributed by atoms with Crippen molar-refractivity contribution in [1.82, 2.24) is 0 Å². The van der Waals surface area contributed by atoms with Gasteiger partial charge in [0, 0.05) is 10.7 Å². The monoisotopic (exact) mass is 332 g/mol. The van der Waals surface area contributed by atoms with E-state index in [0.717, 1.165) is 24.2 Å². The zero-order valence-electron chi connectivity index (χ0n) is 13.4. The summed E-state index contributed by atoms with van der Waals surface area (Å²) in [5, 5.41) is 0. The molecular formula is C16H25ClO3S. The van der Waals surface area contributed by atoms with E-state index in [9.17, 15) is 8.42 Å². The number of aryl methyl sites for hydroxylation is 1. The number of ether oxygens (including phenoxy) is 1. The smallest absolute Gasteiger partial charge is 0.261 e. The van der Waals surface area contributed by atoms with Crippen molar-refractivity contribution in [3.8, 4) is 5.75 Å². The van der Waals surface area contributed by atoms with Gasteiger partial charge in [-0.05, 0) is 42.0 Å². The molecule has 0 bridgehead atoms. The molecule has 0 unspecified atom stereocenters. The molecule has 21 heavy (non-hydrogen) atoms. The summed E-state index contributed by atoms with van der Waals surface area (Å²) in [6, 6.07) is 3.43. The molecule has 3 nitrogen and oxygen atoms in total. The molecule has 0 fully saturated rings. The molecule has 0 saturated heterocycles. The fraction of sp³-hybridized carbons (Fsp3) is 0.625. The molecule has 0 spiro atoms. The third-order valence-corrected chi connectivity index (χ3v) is 5.29. The van der Waals surface area contributed by atoms with Crippen LogP contribution in [0.25, 0.3) is 0 Å². The molecule has 0 heterocycles. The maximum atomic E-state index is 11.6. The fourth-order valence-electron chi connectivity index (χ4n) is 2.25. The van der Waals surface area contributed by atoms with Gasteiger partial charge in [0.05, 0.1) is 11.5 Å². The molecule has 5 heteroatoms. The van der Waals surface area contributed by atoms with Crippen molar-refractivity contribution in [3.63, 3.8) is 0 Å². The standard InChI is InChI=1S/C16H25ClO3S/c1-6-13(7-2)10-20-15-8-12(5)16(21(17,18)19)9-14(15)11(3)4/h8-9,11,13H,6-7,10H2,1-5H3. The summed E-state index contributed by atoms with van der Waals surface area (Å²) in [7, 11) is 1.77. The van der Waals surface area contributed by atoms with E-state index in [1.807, 2.05) is 13.8 Å². The van der Waals surface area contributed by atoms with E-state index in [2.05, 4.69) is 13.8 Å². The summed E-state index contributed by atoms with van der Waals surface area (Å²) >= 11 is 0. The van der Waals surface area contributed by atoms with Crippen molar-refractivity contribution < 1.29 is 13.2 Å². The number of halogens is 1. The number of hydrogen-bond donors (Lipinski definition) is 0. The molecule has 0 aliphatic heterocycles. The molecule has 1 aromatic carbocycles. The van der Waals surface area contributed by atoms with Crippen molar-refractivity contribution in [2.75, 3.05) is 6.61 Å². The summed E-state index contributed by atoms with van der Waals surface area (Å²) in [6.45, 7) is 10.7. The molecule has 1 rings (SSSR count). The molecule has 120 valence electrons. The highest BCUT2D eigenvalue weighted by atomic mass is 35.7. The maximum absolute atomic E-state index is 11.6. The summed E-state index contributed by atoms with van der Waals surface area (Å²) in [5.74, 6) is 1.44. The summed E-state index contributed by atoms with van der Waals surface area (Å²) < 4.78 is 29.2. The average molecular weight is 333 g/mol. The van der Waals surface area contributed by atoms with Gasteiger partial charge in [-0.1, -0.05) is 40.5 Å². The molecule has 1 aromatic rings. The van der Waals surface area contributed by atoms with Gasteiger partial charge >= 0.3 is 0 Å². The number of hydrogen-bond acceptors (Lipinski definition) is 3. The molecule has 0 aliphatic rings. The first-order valence-electron chi connectivity index (χ1n) is 7.42. The van der Waals surface area contributed by atoms with Crippen LogP contribution in [0.3, 0.4) is 0 Å². The van der Waals surface area contributed by atoms with Crippen LogP contribution in [-0.4, -0.2) is 15.0 Å². The second-order valence-electron chi connectivity index (χ2n) is 5.74. The predicted octanol–water partition coefficient (Wildman–Crippen LogP) is 4.86. The van der Waals surface area contributed by atoms with Gasteiger partial charge in [0.25, 0.3) is 9.05 Å². The van der Waals surface area contributed by atoms with Crippen LogP contribution >= 0.6 is 10.7 Å². The molecule has 0 N–H and O–H groups in total. The Morgan fingerprint density at radius 1 is 1.19 bits per heavy atom. The van der Waals surface area contributed by atoms with Crippen LogP contribution in [0.1, 0.15) is 57.6 Å². The maximum Gasteiger partial charge on any atom is 0.261 e. The average Bonchev–Trinajstić information content (AvgIpc) is 2.38. The lowest BCUT2D eigenvalue weighted by atomic mass is 10.00. The molecule has 0 atom stereocenters. The predicted molar refractivity (Wildman–Crippen MR) is 87.9 cm³/mol. The Hall–Kier alpha value is -0.740. The number of rotatable bonds is 7. The minimum Gasteiger partial charge on any atom is -0.493 e. The van der Waals surface area contributed by atoms with Crippen LogP contribution in [0.15, 0.2) is 17.0 Å². The van der Waals surface area contributed by atoms with Gasteiger partial charge < -0.3 is 4.74 Å². The second-order valence-corrected chi connectivity index (χ2v) is 8.28. The van der Waals surface area contributed by atoms with Crippen LogP contribution in [0.5, 0.6) is 5.75 Å². The first-order chi connectivity index (χ1) is 9.70. The molecule has 0 aromatic heterocycles. The van der Waals surface area contributed by atoms with E-state index in [1.165, 1.54) is 0 Å². The Morgan fingerprint density at radius 3 is 2.19 bits per heavy atom. The minimum absolute atomic E-state index is 0.166. The van der Waals surface area contributed by atoms with Crippen molar-refractivity contribution in [2.45, 2.75) is 58.3 Å². The zero-order valence-corrected chi connectivity index (χ0v) is 15.0. The van der Waals surface area contributed by atoms with E-state index < -0.39 is 9.05 Å². The van der Waals surface area contributed by atoms with Gasteiger partial charge in [0.2, 0.25) is 0 Å². The van der Waals surface area contributed by atoms with Gasteiger partial charge in [-0.3, -0.25) is 0 Å². The molecule has 0 aliphatic carbocycles. The van der Waals surface area contributed by atoms with Crippen molar-refractivity contribution in [2.24, 2.45) is 5.92 Å².